The van der Waals surface area contributed by atoms with Gasteiger partial charge in [-0.15, -0.1) is 10.2 Å². The number of hydrogen-bond donors (Lipinski definition) is 2. The van der Waals surface area contributed by atoms with E-state index in [1.54, 1.807) is 6.92 Å². The summed E-state index contributed by atoms with van der Waals surface area (Å²) in [4.78, 5) is 4.33. The first-order valence-corrected chi connectivity index (χ1v) is 6.75. The topological polar surface area (TPSA) is 78.1 Å². The van der Waals surface area contributed by atoms with E-state index < -0.39 is 0 Å². The molecule has 3 rings (SSSR count). The van der Waals surface area contributed by atoms with Crippen LogP contribution in [-0.2, 0) is 0 Å². The molecule has 3 aromatic rings. The van der Waals surface area contributed by atoms with Crippen molar-refractivity contribution in [3.8, 4) is 11.5 Å². The lowest BCUT2D eigenvalue weighted by Gasteiger charge is -2.02. The molecule has 1 heterocycles. The Labute approximate surface area is 118 Å². The Morgan fingerprint density at radius 2 is 1.90 bits per heavy atom. The number of aromatic hydroxyl groups is 2. The third-order valence-corrected chi connectivity index (χ3v) is 3.70. The summed E-state index contributed by atoms with van der Waals surface area (Å²) < 4.78 is 1.04. The quantitative estimate of drug-likeness (QED) is 0.683. The molecule has 100 valence electrons. The molecule has 0 atom stereocenters. The first-order chi connectivity index (χ1) is 9.63. The van der Waals surface area contributed by atoms with Crippen LogP contribution in [0.2, 0.25) is 0 Å². The molecular formula is C14H11N3O2S. The summed E-state index contributed by atoms with van der Waals surface area (Å²) in [5.74, 6) is -0.105. The summed E-state index contributed by atoms with van der Waals surface area (Å²) in [6, 6.07) is 10.5. The lowest BCUT2D eigenvalue weighted by molar-refractivity contribution is 0.450. The molecule has 6 heteroatoms. The van der Waals surface area contributed by atoms with Gasteiger partial charge in [-0.1, -0.05) is 23.5 Å². The Hall–Kier alpha value is -2.47. The minimum Gasteiger partial charge on any atom is -0.508 e. The molecule has 20 heavy (non-hydrogen) atoms. The fourth-order valence-electron chi connectivity index (χ4n) is 1.87. The third kappa shape index (κ3) is 2.33. The van der Waals surface area contributed by atoms with Crippen LogP contribution < -0.4 is 0 Å². The third-order valence-electron chi connectivity index (χ3n) is 2.78. The second kappa shape index (κ2) is 4.90. The number of thiazole rings is 1. The summed E-state index contributed by atoms with van der Waals surface area (Å²) in [5, 5.41) is 27.7. The van der Waals surface area contributed by atoms with E-state index in [1.807, 2.05) is 24.3 Å². The summed E-state index contributed by atoms with van der Waals surface area (Å²) in [7, 11) is 0. The van der Waals surface area contributed by atoms with E-state index in [4.69, 9.17) is 0 Å². The maximum absolute atomic E-state index is 9.76. The van der Waals surface area contributed by atoms with Crippen LogP contribution in [0.1, 0.15) is 5.56 Å². The van der Waals surface area contributed by atoms with Crippen molar-refractivity contribution in [2.75, 3.05) is 0 Å². The number of azo groups is 1. The van der Waals surface area contributed by atoms with Gasteiger partial charge in [0.1, 0.15) is 17.2 Å². The predicted octanol–water partition coefficient (Wildman–Crippen LogP) is 4.43. The van der Waals surface area contributed by atoms with E-state index in [2.05, 4.69) is 15.2 Å². The molecule has 0 amide bonds. The van der Waals surface area contributed by atoms with Crippen molar-refractivity contribution in [1.82, 2.24) is 4.98 Å². The number of benzene rings is 2. The predicted molar refractivity (Wildman–Crippen MR) is 78.3 cm³/mol. The van der Waals surface area contributed by atoms with Gasteiger partial charge < -0.3 is 10.2 Å². The van der Waals surface area contributed by atoms with Crippen molar-refractivity contribution in [2.45, 2.75) is 6.92 Å². The molecule has 0 bridgehead atoms. The first kappa shape index (κ1) is 12.6. The van der Waals surface area contributed by atoms with Crippen molar-refractivity contribution in [1.29, 1.82) is 0 Å². The smallest absolute Gasteiger partial charge is 0.231 e. The number of hydrogen-bond acceptors (Lipinski definition) is 6. The molecule has 0 aliphatic carbocycles. The highest BCUT2D eigenvalue weighted by Crippen LogP contribution is 2.36. The van der Waals surface area contributed by atoms with Crippen molar-refractivity contribution in [3.63, 3.8) is 0 Å². The average Bonchev–Trinajstić information content (AvgIpc) is 2.80. The van der Waals surface area contributed by atoms with Gasteiger partial charge in [-0.05, 0) is 30.7 Å². The molecule has 0 saturated carbocycles. The van der Waals surface area contributed by atoms with Gasteiger partial charge in [-0.3, -0.25) is 0 Å². The summed E-state index contributed by atoms with van der Waals surface area (Å²) in [6.45, 7) is 1.74. The van der Waals surface area contributed by atoms with Crippen molar-refractivity contribution in [2.24, 2.45) is 10.2 Å². The van der Waals surface area contributed by atoms with E-state index in [0.717, 1.165) is 10.2 Å². The van der Waals surface area contributed by atoms with Crippen LogP contribution in [0.3, 0.4) is 0 Å². The molecule has 0 aliphatic rings. The van der Waals surface area contributed by atoms with Crippen molar-refractivity contribution < 1.29 is 10.2 Å². The largest absolute Gasteiger partial charge is 0.508 e. The Morgan fingerprint density at radius 1 is 1.10 bits per heavy atom. The molecule has 1 aromatic heterocycles. The minimum atomic E-state index is -0.104. The summed E-state index contributed by atoms with van der Waals surface area (Å²) in [5.41, 5.74) is 1.85. The molecule has 0 radical (unpaired) electrons. The highest BCUT2D eigenvalue weighted by molar-refractivity contribution is 7.21. The highest BCUT2D eigenvalue weighted by atomic mass is 32.1. The first-order valence-electron chi connectivity index (χ1n) is 5.93. The Balaban J connectivity index is 1.98. The van der Waals surface area contributed by atoms with Gasteiger partial charge in [-0.25, -0.2) is 4.98 Å². The minimum absolute atomic E-state index is 0.000984. The fraction of sp³-hybridized carbons (Fsp3) is 0.0714. The number of nitrogens with zero attached hydrogens (tertiary/aromatic N) is 3. The molecule has 0 saturated heterocycles. The van der Waals surface area contributed by atoms with Gasteiger partial charge in [-0.2, -0.15) is 0 Å². The molecule has 0 spiro atoms. The number of para-hydroxylation sites is 1. The van der Waals surface area contributed by atoms with Crippen molar-refractivity contribution >= 4 is 32.4 Å². The number of aromatic nitrogens is 1. The van der Waals surface area contributed by atoms with Gasteiger partial charge in [0.05, 0.1) is 10.2 Å². The number of rotatable bonds is 2. The zero-order valence-electron chi connectivity index (χ0n) is 10.6. The van der Waals surface area contributed by atoms with Crippen LogP contribution in [-0.4, -0.2) is 15.2 Å². The standard InChI is InChI=1S/C14H11N3O2S/c1-8-6-9(18)7-11(19)13(8)16-17-14-15-10-4-2-3-5-12(10)20-14/h2-7,18-19H,1H3. The van der Waals surface area contributed by atoms with Crippen molar-refractivity contribution in [3.05, 3.63) is 42.0 Å². The molecule has 0 unspecified atom stereocenters. The van der Waals surface area contributed by atoms with Gasteiger partial charge >= 0.3 is 0 Å². The lowest BCUT2D eigenvalue weighted by Crippen LogP contribution is -1.76. The van der Waals surface area contributed by atoms with E-state index in [9.17, 15) is 10.2 Å². The Morgan fingerprint density at radius 3 is 2.65 bits per heavy atom. The number of phenolic OH excluding ortho intramolecular Hbond substituents is 2. The van der Waals surface area contributed by atoms with Gasteiger partial charge in [0.25, 0.3) is 0 Å². The van der Waals surface area contributed by atoms with E-state index in [0.29, 0.717) is 16.4 Å². The highest BCUT2D eigenvalue weighted by Gasteiger charge is 2.07. The molecule has 0 aliphatic heterocycles. The van der Waals surface area contributed by atoms with Crippen LogP contribution in [0.25, 0.3) is 10.2 Å². The van der Waals surface area contributed by atoms with Crippen LogP contribution in [0.4, 0.5) is 10.8 Å². The molecule has 0 fully saturated rings. The van der Waals surface area contributed by atoms with Crippen LogP contribution >= 0.6 is 11.3 Å². The maximum Gasteiger partial charge on any atom is 0.231 e. The second-order valence-electron chi connectivity index (χ2n) is 4.29. The monoisotopic (exact) mass is 285 g/mol. The molecular weight excluding hydrogens is 274 g/mol. The zero-order chi connectivity index (χ0) is 14.1. The number of aryl methyl sites for hydroxylation is 1. The Bertz CT molecular complexity index is 755. The number of fused-ring (bicyclic) bond motifs is 1. The fourth-order valence-corrected chi connectivity index (χ4v) is 2.66. The SMILES string of the molecule is Cc1cc(O)cc(O)c1N=Nc1nc2ccccc2s1. The number of phenols is 2. The van der Waals surface area contributed by atoms with Gasteiger partial charge in [0.15, 0.2) is 0 Å². The molecule has 2 N–H and O–H groups in total. The van der Waals surface area contributed by atoms with Crippen LogP contribution in [0.15, 0.2) is 46.6 Å². The van der Waals surface area contributed by atoms with Crippen LogP contribution in [0, 0.1) is 6.92 Å². The van der Waals surface area contributed by atoms with Gasteiger partial charge in [0.2, 0.25) is 5.13 Å². The lowest BCUT2D eigenvalue weighted by atomic mass is 10.2. The average molecular weight is 285 g/mol. The van der Waals surface area contributed by atoms with E-state index >= 15 is 0 Å². The Kier molecular flexibility index (Phi) is 3.08. The molecule has 5 nitrogen and oxygen atoms in total. The van der Waals surface area contributed by atoms with E-state index in [1.165, 1.54) is 23.5 Å². The zero-order valence-corrected chi connectivity index (χ0v) is 11.4. The summed E-state index contributed by atoms with van der Waals surface area (Å²) >= 11 is 1.43. The van der Waals surface area contributed by atoms with Crippen LogP contribution in [0.5, 0.6) is 11.5 Å². The second-order valence-corrected chi connectivity index (χ2v) is 5.30. The van der Waals surface area contributed by atoms with E-state index in [-0.39, 0.29) is 11.5 Å². The summed E-state index contributed by atoms with van der Waals surface area (Å²) in [6.07, 6.45) is 0. The molecule has 2 aromatic carbocycles. The van der Waals surface area contributed by atoms with Gasteiger partial charge in [0, 0.05) is 6.07 Å². The normalized spacial score (nSPS) is 11.4. The maximum atomic E-state index is 9.76.